The Kier molecular flexibility index (Phi) is 4.12. The van der Waals surface area contributed by atoms with E-state index in [4.69, 9.17) is 14.6 Å². The van der Waals surface area contributed by atoms with Crippen molar-refractivity contribution >= 4 is 18.9 Å². The van der Waals surface area contributed by atoms with Gasteiger partial charge in [-0.05, 0) is 12.0 Å². The molecule has 2 aromatic heterocycles. The fraction of sp³-hybridized carbons (Fsp3) is 0.500. The standard InChI is InChI=1S/C14H19N2O5P/c15-14-16-12(13-11(6-7-20-13)22(17,18)19)10(21-14)8-9-4-2-1-3-5-9/h6-7,9H,1-5,8H2,(H2,15,16)(H2,17,18,19). The molecule has 0 amide bonds. The highest BCUT2D eigenvalue weighted by Crippen LogP contribution is 2.40. The van der Waals surface area contributed by atoms with Crippen molar-refractivity contribution < 1.29 is 23.2 Å². The lowest BCUT2D eigenvalue weighted by Crippen LogP contribution is -2.10. The average Bonchev–Trinajstić information content (AvgIpc) is 3.06. The molecule has 0 unspecified atom stereocenters. The molecule has 120 valence electrons. The molecule has 2 heterocycles. The molecule has 0 aromatic carbocycles. The van der Waals surface area contributed by atoms with Crippen molar-refractivity contribution in [2.75, 3.05) is 5.73 Å². The Bertz CT molecular complexity index is 696. The maximum Gasteiger partial charge on any atom is 0.360 e. The lowest BCUT2D eigenvalue weighted by atomic mass is 9.86. The van der Waals surface area contributed by atoms with Crippen LogP contribution < -0.4 is 11.0 Å². The number of hydrogen-bond donors (Lipinski definition) is 3. The number of nitrogens with zero attached hydrogens (tertiary/aromatic N) is 1. The molecule has 1 saturated carbocycles. The summed E-state index contributed by atoms with van der Waals surface area (Å²) in [5.41, 5.74) is 5.93. The van der Waals surface area contributed by atoms with Crippen molar-refractivity contribution in [2.45, 2.75) is 38.5 Å². The van der Waals surface area contributed by atoms with Gasteiger partial charge in [-0.2, -0.15) is 4.98 Å². The fourth-order valence-electron chi connectivity index (χ4n) is 3.05. The number of hydrogen-bond acceptors (Lipinski definition) is 5. The normalized spacial score (nSPS) is 17.0. The summed E-state index contributed by atoms with van der Waals surface area (Å²) in [6.45, 7) is 0. The summed E-state index contributed by atoms with van der Waals surface area (Å²) in [7, 11) is -4.44. The third kappa shape index (κ3) is 3.11. The lowest BCUT2D eigenvalue weighted by molar-refractivity contribution is 0.336. The van der Waals surface area contributed by atoms with Gasteiger partial charge in [0, 0.05) is 6.42 Å². The highest BCUT2D eigenvalue weighted by Gasteiger charge is 2.30. The molecule has 1 fully saturated rings. The van der Waals surface area contributed by atoms with Crippen LogP contribution in [-0.2, 0) is 11.0 Å². The minimum absolute atomic E-state index is 0.0196. The summed E-state index contributed by atoms with van der Waals surface area (Å²) >= 11 is 0. The zero-order valence-electron chi connectivity index (χ0n) is 12.1. The van der Waals surface area contributed by atoms with E-state index in [0.29, 0.717) is 23.8 Å². The lowest BCUT2D eigenvalue weighted by Gasteiger charge is -2.20. The van der Waals surface area contributed by atoms with E-state index < -0.39 is 7.60 Å². The van der Waals surface area contributed by atoms with Gasteiger partial charge in [-0.3, -0.25) is 4.57 Å². The molecule has 4 N–H and O–H groups in total. The smallest absolute Gasteiger partial charge is 0.360 e. The number of oxazole rings is 1. The minimum atomic E-state index is -4.44. The molecule has 3 rings (SSSR count). The van der Waals surface area contributed by atoms with Crippen LogP contribution in [0.2, 0.25) is 0 Å². The van der Waals surface area contributed by atoms with E-state index in [2.05, 4.69) is 4.98 Å². The first-order chi connectivity index (χ1) is 10.4. The van der Waals surface area contributed by atoms with Gasteiger partial charge in [0.05, 0.1) is 6.26 Å². The average molecular weight is 326 g/mol. The Hall–Kier alpha value is -1.56. The fourth-order valence-corrected chi connectivity index (χ4v) is 3.73. The monoisotopic (exact) mass is 326 g/mol. The van der Waals surface area contributed by atoms with Gasteiger partial charge in [0.1, 0.15) is 11.1 Å². The first kappa shape index (κ1) is 15.3. The van der Waals surface area contributed by atoms with Gasteiger partial charge in [0.2, 0.25) is 0 Å². The molecule has 7 nitrogen and oxygen atoms in total. The Labute approximate surface area is 127 Å². The van der Waals surface area contributed by atoms with Crippen LogP contribution in [0, 0.1) is 5.92 Å². The first-order valence-corrected chi connectivity index (χ1v) is 8.95. The summed E-state index contributed by atoms with van der Waals surface area (Å²) in [5.74, 6) is 1.06. The maximum atomic E-state index is 11.5. The molecular weight excluding hydrogens is 307 g/mol. The van der Waals surface area contributed by atoms with Crippen LogP contribution in [0.25, 0.3) is 11.5 Å². The molecule has 0 radical (unpaired) electrons. The van der Waals surface area contributed by atoms with Gasteiger partial charge in [-0.25, -0.2) is 0 Å². The molecule has 0 bridgehead atoms. The molecule has 0 spiro atoms. The van der Waals surface area contributed by atoms with Crippen LogP contribution in [0.1, 0.15) is 37.9 Å². The van der Waals surface area contributed by atoms with Gasteiger partial charge >= 0.3 is 7.60 Å². The zero-order chi connectivity index (χ0) is 15.7. The molecule has 2 aromatic rings. The molecule has 8 heteroatoms. The van der Waals surface area contributed by atoms with Crippen LogP contribution in [0.15, 0.2) is 21.2 Å². The van der Waals surface area contributed by atoms with E-state index in [-0.39, 0.29) is 17.1 Å². The predicted octanol–water partition coefficient (Wildman–Crippen LogP) is 2.44. The summed E-state index contributed by atoms with van der Waals surface area (Å²) in [6, 6.07) is 1.24. The number of nitrogens with two attached hydrogens (primary N) is 1. The van der Waals surface area contributed by atoms with Crippen molar-refractivity contribution in [1.82, 2.24) is 4.98 Å². The van der Waals surface area contributed by atoms with Gasteiger partial charge in [0.25, 0.3) is 6.01 Å². The van der Waals surface area contributed by atoms with Crippen LogP contribution in [0.4, 0.5) is 6.01 Å². The highest BCUT2D eigenvalue weighted by atomic mass is 31.2. The molecular formula is C14H19N2O5P. The number of aromatic nitrogens is 1. The van der Waals surface area contributed by atoms with Crippen LogP contribution in [0.5, 0.6) is 0 Å². The minimum Gasteiger partial charge on any atom is -0.462 e. The Morgan fingerprint density at radius 2 is 2.05 bits per heavy atom. The van der Waals surface area contributed by atoms with E-state index in [0.717, 1.165) is 12.8 Å². The van der Waals surface area contributed by atoms with Gasteiger partial charge in [-0.1, -0.05) is 32.1 Å². The van der Waals surface area contributed by atoms with E-state index in [1.54, 1.807) is 0 Å². The van der Waals surface area contributed by atoms with Crippen molar-refractivity contribution in [2.24, 2.45) is 5.92 Å². The second-order valence-corrected chi connectivity index (χ2v) is 7.28. The molecule has 22 heavy (non-hydrogen) atoms. The quantitative estimate of drug-likeness (QED) is 0.737. The largest absolute Gasteiger partial charge is 0.462 e. The van der Waals surface area contributed by atoms with Crippen molar-refractivity contribution in [3.05, 3.63) is 18.1 Å². The van der Waals surface area contributed by atoms with E-state index in [1.165, 1.54) is 31.6 Å². The second kappa shape index (κ2) is 5.91. The second-order valence-electron chi connectivity index (χ2n) is 5.71. The molecule has 0 atom stereocenters. The maximum absolute atomic E-state index is 11.5. The van der Waals surface area contributed by atoms with Crippen LogP contribution >= 0.6 is 7.60 Å². The van der Waals surface area contributed by atoms with E-state index in [9.17, 15) is 14.4 Å². The summed E-state index contributed by atoms with van der Waals surface area (Å²) < 4.78 is 22.3. The van der Waals surface area contributed by atoms with Crippen molar-refractivity contribution in [1.29, 1.82) is 0 Å². The molecule has 0 aliphatic heterocycles. The number of nitrogen functional groups attached to an aromatic ring is 1. The summed E-state index contributed by atoms with van der Waals surface area (Å²) in [5, 5.41) is -0.189. The zero-order valence-corrected chi connectivity index (χ0v) is 13.0. The van der Waals surface area contributed by atoms with Crippen LogP contribution in [0.3, 0.4) is 0 Å². The molecule has 1 aliphatic rings. The van der Waals surface area contributed by atoms with Crippen molar-refractivity contribution in [3.63, 3.8) is 0 Å². The summed E-state index contributed by atoms with van der Waals surface area (Å²) in [6.07, 6.45) is 7.76. The van der Waals surface area contributed by atoms with Crippen molar-refractivity contribution in [3.8, 4) is 11.5 Å². The molecule has 1 aliphatic carbocycles. The predicted molar refractivity (Wildman–Crippen MR) is 80.6 cm³/mol. The summed E-state index contributed by atoms with van der Waals surface area (Å²) in [4.78, 5) is 22.9. The number of anilines is 1. The Morgan fingerprint density at radius 3 is 2.73 bits per heavy atom. The van der Waals surface area contributed by atoms with E-state index in [1.807, 2.05) is 0 Å². The topological polar surface area (TPSA) is 123 Å². The van der Waals surface area contributed by atoms with Gasteiger partial charge in [0.15, 0.2) is 11.5 Å². The number of rotatable bonds is 4. The highest BCUT2D eigenvalue weighted by molar-refractivity contribution is 7.60. The Balaban J connectivity index is 1.94. The van der Waals surface area contributed by atoms with Crippen LogP contribution in [-0.4, -0.2) is 14.8 Å². The third-order valence-corrected chi connectivity index (χ3v) is 5.07. The first-order valence-electron chi connectivity index (χ1n) is 7.34. The third-order valence-electron chi connectivity index (χ3n) is 4.09. The Morgan fingerprint density at radius 1 is 1.32 bits per heavy atom. The molecule has 0 saturated heterocycles. The number of furan rings is 1. The van der Waals surface area contributed by atoms with E-state index >= 15 is 0 Å². The SMILES string of the molecule is Nc1nc(-c2occc2P(=O)(O)O)c(CC2CCCCC2)o1. The van der Waals surface area contributed by atoms with Gasteiger partial charge < -0.3 is 24.4 Å². The van der Waals surface area contributed by atoms with Gasteiger partial charge in [-0.15, -0.1) is 0 Å².